The average Bonchev–Trinajstić information content (AvgIpc) is 2.40. The lowest BCUT2D eigenvalue weighted by Gasteiger charge is -2.21. The highest BCUT2D eigenvalue weighted by molar-refractivity contribution is 5.24. The van der Waals surface area contributed by atoms with Crippen molar-refractivity contribution in [3.05, 3.63) is 66.2 Å². The number of hydrogen-bond donors (Lipinski definition) is 1. The molecule has 0 bridgehead atoms. The van der Waals surface area contributed by atoms with Crippen LogP contribution in [0, 0.1) is 0 Å². The lowest BCUT2D eigenvalue weighted by Crippen LogP contribution is -2.21. The van der Waals surface area contributed by atoms with Crippen LogP contribution in [-0.4, -0.2) is 6.04 Å². The zero-order valence-electron chi connectivity index (χ0n) is 10.6. The number of nitrogens with two attached hydrogens (primary N) is 1. The van der Waals surface area contributed by atoms with Gasteiger partial charge in [0.05, 0.1) is 0 Å². The Balaban J connectivity index is 2.16. The monoisotopic (exact) mass is 241 g/mol. The van der Waals surface area contributed by atoms with Gasteiger partial charge in [-0.1, -0.05) is 48.5 Å². The summed E-state index contributed by atoms with van der Waals surface area (Å²) in [5.41, 5.74) is 7.07. The fourth-order valence-electron chi connectivity index (χ4n) is 1.92. The number of benzene rings is 2. The average molecular weight is 241 g/mol. The van der Waals surface area contributed by atoms with Gasteiger partial charge in [-0.25, -0.2) is 0 Å². The topological polar surface area (TPSA) is 35.2 Å². The van der Waals surface area contributed by atoms with Crippen LogP contribution in [0.3, 0.4) is 0 Å². The number of rotatable bonds is 5. The van der Waals surface area contributed by atoms with Crippen LogP contribution in [0.2, 0.25) is 0 Å². The van der Waals surface area contributed by atoms with Crippen molar-refractivity contribution in [2.45, 2.75) is 25.5 Å². The van der Waals surface area contributed by atoms with Crippen LogP contribution >= 0.6 is 0 Å². The fraction of sp³-hybridized carbons (Fsp3) is 0.250. The van der Waals surface area contributed by atoms with Gasteiger partial charge in [-0.15, -0.1) is 0 Å². The fourth-order valence-corrected chi connectivity index (χ4v) is 1.92. The zero-order valence-corrected chi connectivity index (χ0v) is 10.6. The van der Waals surface area contributed by atoms with Crippen molar-refractivity contribution < 1.29 is 4.74 Å². The third-order valence-corrected chi connectivity index (χ3v) is 2.78. The second-order valence-corrected chi connectivity index (χ2v) is 4.54. The molecular formula is C16H19NO. The Kier molecular flexibility index (Phi) is 4.37. The van der Waals surface area contributed by atoms with Gasteiger partial charge in [0.25, 0.3) is 0 Å². The molecule has 0 saturated carbocycles. The van der Waals surface area contributed by atoms with E-state index in [1.165, 1.54) is 5.56 Å². The summed E-state index contributed by atoms with van der Waals surface area (Å²) < 4.78 is 6.03. The third-order valence-electron chi connectivity index (χ3n) is 2.78. The summed E-state index contributed by atoms with van der Waals surface area (Å²) in [5, 5.41) is 0. The molecule has 0 amide bonds. The second-order valence-electron chi connectivity index (χ2n) is 4.54. The van der Waals surface area contributed by atoms with E-state index < -0.39 is 0 Å². The van der Waals surface area contributed by atoms with Crippen LogP contribution < -0.4 is 10.5 Å². The van der Waals surface area contributed by atoms with Gasteiger partial charge in [0.15, 0.2) is 0 Å². The summed E-state index contributed by atoms with van der Waals surface area (Å²) >= 11 is 0. The first kappa shape index (κ1) is 12.7. The molecule has 18 heavy (non-hydrogen) atoms. The molecule has 0 aliphatic heterocycles. The molecule has 0 heterocycles. The normalized spacial score (nSPS) is 13.9. The van der Waals surface area contributed by atoms with Crippen molar-refractivity contribution in [3.8, 4) is 5.75 Å². The quantitative estimate of drug-likeness (QED) is 0.869. The second kappa shape index (κ2) is 6.22. The molecule has 2 aromatic rings. The van der Waals surface area contributed by atoms with Crippen molar-refractivity contribution in [1.82, 2.24) is 0 Å². The molecule has 2 N–H and O–H groups in total. The van der Waals surface area contributed by atoms with Crippen LogP contribution in [0.25, 0.3) is 0 Å². The SMILES string of the molecule is CC(N)CC(Oc1ccccc1)c1ccccc1. The van der Waals surface area contributed by atoms with Gasteiger partial charge in [0.1, 0.15) is 11.9 Å². The predicted molar refractivity (Wildman–Crippen MR) is 74.5 cm³/mol. The lowest BCUT2D eigenvalue weighted by molar-refractivity contribution is 0.187. The maximum Gasteiger partial charge on any atom is 0.125 e. The Morgan fingerprint density at radius 1 is 0.944 bits per heavy atom. The maximum atomic E-state index is 6.03. The minimum atomic E-state index is 0.00796. The number of hydrogen-bond acceptors (Lipinski definition) is 2. The van der Waals surface area contributed by atoms with Crippen molar-refractivity contribution in [2.24, 2.45) is 5.73 Å². The van der Waals surface area contributed by atoms with Crippen molar-refractivity contribution in [1.29, 1.82) is 0 Å². The van der Waals surface area contributed by atoms with E-state index in [2.05, 4.69) is 12.1 Å². The van der Waals surface area contributed by atoms with Crippen molar-refractivity contribution >= 4 is 0 Å². The minimum absolute atomic E-state index is 0.00796. The van der Waals surface area contributed by atoms with Crippen LogP contribution in [0.15, 0.2) is 60.7 Å². The van der Waals surface area contributed by atoms with E-state index in [1.807, 2.05) is 55.5 Å². The van der Waals surface area contributed by atoms with E-state index >= 15 is 0 Å². The highest BCUT2D eigenvalue weighted by atomic mass is 16.5. The Morgan fingerprint density at radius 3 is 2.06 bits per heavy atom. The Morgan fingerprint density at radius 2 is 1.50 bits per heavy atom. The van der Waals surface area contributed by atoms with Crippen LogP contribution in [0.4, 0.5) is 0 Å². The summed E-state index contributed by atoms with van der Waals surface area (Å²) in [7, 11) is 0. The van der Waals surface area contributed by atoms with Gasteiger partial charge in [-0.2, -0.15) is 0 Å². The summed E-state index contributed by atoms with van der Waals surface area (Å²) in [6, 6.07) is 20.2. The van der Waals surface area contributed by atoms with Gasteiger partial charge in [-0.05, 0) is 24.6 Å². The summed E-state index contributed by atoms with van der Waals surface area (Å²) in [6.07, 6.45) is 0.812. The van der Waals surface area contributed by atoms with Gasteiger partial charge in [0, 0.05) is 12.5 Å². The van der Waals surface area contributed by atoms with E-state index in [9.17, 15) is 0 Å². The van der Waals surface area contributed by atoms with Crippen LogP contribution in [0.5, 0.6) is 5.75 Å². The molecule has 2 aromatic carbocycles. The largest absolute Gasteiger partial charge is 0.486 e. The summed E-state index contributed by atoms with van der Waals surface area (Å²) in [5.74, 6) is 0.881. The number of ether oxygens (including phenoxy) is 1. The smallest absolute Gasteiger partial charge is 0.125 e. The van der Waals surface area contributed by atoms with Gasteiger partial charge >= 0.3 is 0 Å². The van der Waals surface area contributed by atoms with E-state index in [1.54, 1.807) is 0 Å². The molecule has 0 aliphatic rings. The van der Waals surface area contributed by atoms with Gasteiger partial charge in [-0.3, -0.25) is 0 Å². The molecule has 94 valence electrons. The molecule has 2 heteroatoms. The molecule has 0 radical (unpaired) electrons. The lowest BCUT2D eigenvalue weighted by atomic mass is 10.0. The van der Waals surface area contributed by atoms with Crippen molar-refractivity contribution in [3.63, 3.8) is 0 Å². The Bertz CT molecular complexity index is 453. The molecule has 0 spiro atoms. The zero-order chi connectivity index (χ0) is 12.8. The van der Waals surface area contributed by atoms with Gasteiger partial charge in [0.2, 0.25) is 0 Å². The first-order valence-corrected chi connectivity index (χ1v) is 6.28. The Labute approximate surface area is 108 Å². The standard InChI is InChI=1S/C16H19NO/c1-13(17)12-16(14-8-4-2-5-9-14)18-15-10-6-3-7-11-15/h2-11,13,16H,12,17H2,1H3. The highest BCUT2D eigenvalue weighted by Crippen LogP contribution is 2.25. The molecule has 0 fully saturated rings. The third kappa shape index (κ3) is 3.60. The molecular weight excluding hydrogens is 222 g/mol. The summed E-state index contributed by atoms with van der Waals surface area (Å²) in [6.45, 7) is 2.00. The highest BCUT2D eigenvalue weighted by Gasteiger charge is 2.15. The van der Waals surface area contributed by atoms with Crippen LogP contribution in [-0.2, 0) is 0 Å². The number of para-hydroxylation sites is 1. The predicted octanol–water partition coefficient (Wildman–Crippen LogP) is 3.54. The van der Waals surface area contributed by atoms with Gasteiger partial charge < -0.3 is 10.5 Å². The van der Waals surface area contributed by atoms with E-state index in [4.69, 9.17) is 10.5 Å². The minimum Gasteiger partial charge on any atom is -0.486 e. The molecule has 2 unspecified atom stereocenters. The first-order chi connectivity index (χ1) is 8.75. The Hall–Kier alpha value is -1.80. The molecule has 0 aromatic heterocycles. The molecule has 0 saturated heterocycles. The maximum absolute atomic E-state index is 6.03. The molecule has 0 aliphatic carbocycles. The van der Waals surface area contributed by atoms with E-state index in [0.717, 1.165) is 12.2 Å². The molecule has 2 atom stereocenters. The van der Waals surface area contributed by atoms with E-state index in [0.29, 0.717) is 0 Å². The summed E-state index contributed by atoms with van der Waals surface area (Å²) in [4.78, 5) is 0. The molecule has 2 nitrogen and oxygen atoms in total. The van der Waals surface area contributed by atoms with E-state index in [-0.39, 0.29) is 12.1 Å². The van der Waals surface area contributed by atoms with Crippen molar-refractivity contribution in [2.75, 3.05) is 0 Å². The first-order valence-electron chi connectivity index (χ1n) is 6.28. The van der Waals surface area contributed by atoms with Crippen LogP contribution in [0.1, 0.15) is 25.0 Å². The molecule has 2 rings (SSSR count).